The molecule has 0 unspecified atom stereocenters. The number of imide groups is 2. The first-order valence-electron chi connectivity index (χ1n) is 8.93. The molecular weight excluding hydrogens is 399 g/mol. The molecule has 150 valence electrons. The molecule has 2 aromatic rings. The van der Waals surface area contributed by atoms with Crippen molar-refractivity contribution in [2.75, 3.05) is 4.90 Å². The Balaban J connectivity index is 1.92. The Kier molecular flexibility index (Phi) is 5.98. The van der Waals surface area contributed by atoms with Crippen LogP contribution in [0.2, 0.25) is 5.02 Å². The van der Waals surface area contributed by atoms with Gasteiger partial charge in [-0.25, -0.2) is 14.1 Å². The van der Waals surface area contributed by atoms with E-state index in [4.69, 9.17) is 16.3 Å². The van der Waals surface area contributed by atoms with E-state index in [1.165, 1.54) is 18.2 Å². The van der Waals surface area contributed by atoms with Crippen LogP contribution in [0.5, 0.6) is 5.75 Å². The van der Waals surface area contributed by atoms with Crippen LogP contribution < -0.4 is 15.0 Å². The van der Waals surface area contributed by atoms with Crippen LogP contribution >= 0.6 is 11.6 Å². The lowest BCUT2D eigenvalue weighted by molar-refractivity contribution is -0.122. The monoisotopic (exact) mass is 416 g/mol. The quantitative estimate of drug-likeness (QED) is 0.581. The van der Waals surface area contributed by atoms with Gasteiger partial charge in [-0.3, -0.25) is 14.9 Å². The van der Waals surface area contributed by atoms with Gasteiger partial charge in [-0.15, -0.1) is 0 Å². The maximum absolute atomic E-state index is 13.2. The van der Waals surface area contributed by atoms with Gasteiger partial charge in [-0.05, 0) is 61.4 Å². The van der Waals surface area contributed by atoms with Gasteiger partial charge in [0.05, 0.1) is 16.8 Å². The van der Waals surface area contributed by atoms with Crippen LogP contribution in [0.4, 0.5) is 14.9 Å². The van der Waals surface area contributed by atoms with E-state index in [0.717, 1.165) is 23.5 Å². The van der Waals surface area contributed by atoms with Crippen molar-refractivity contribution in [1.29, 1.82) is 0 Å². The van der Waals surface area contributed by atoms with Crippen molar-refractivity contribution in [2.45, 2.75) is 26.4 Å². The number of barbiturate groups is 1. The summed E-state index contributed by atoms with van der Waals surface area (Å²) in [6.45, 7) is 3.90. The zero-order valence-corrected chi connectivity index (χ0v) is 16.5. The van der Waals surface area contributed by atoms with Gasteiger partial charge < -0.3 is 4.74 Å². The number of nitrogens with one attached hydrogen (secondary N) is 1. The highest BCUT2D eigenvalue weighted by Crippen LogP contribution is 2.29. The predicted molar refractivity (Wildman–Crippen MR) is 107 cm³/mol. The van der Waals surface area contributed by atoms with E-state index in [1.807, 2.05) is 13.8 Å². The van der Waals surface area contributed by atoms with Gasteiger partial charge >= 0.3 is 6.03 Å². The first-order chi connectivity index (χ1) is 13.8. The second-order valence-electron chi connectivity index (χ2n) is 6.46. The number of nitrogens with zero attached hydrogens (tertiary/aromatic N) is 1. The molecule has 8 heteroatoms. The Labute approximate surface area is 171 Å². The SMILES string of the molecule is CC[C@H](C)Oc1ccc(/C=C2\C(=O)NC(=O)N(c3ccc(F)cc3)C2=O)cc1Cl. The number of rotatable bonds is 5. The molecule has 0 bridgehead atoms. The summed E-state index contributed by atoms with van der Waals surface area (Å²) in [4.78, 5) is 37.9. The fourth-order valence-corrected chi connectivity index (χ4v) is 2.88. The van der Waals surface area contributed by atoms with Gasteiger partial charge in [-0.2, -0.15) is 0 Å². The maximum Gasteiger partial charge on any atom is 0.335 e. The van der Waals surface area contributed by atoms with Crippen LogP contribution in [0.25, 0.3) is 6.08 Å². The van der Waals surface area contributed by atoms with Crippen molar-refractivity contribution in [2.24, 2.45) is 0 Å². The van der Waals surface area contributed by atoms with Crippen molar-refractivity contribution in [3.8, 4) is 5.75 Å². The molecule has 0 radical (unpaired) electrons. The van der Waals surface area contributed by atoms with Crippen LogP contribution in [0.1, 0.15) is 25.8 Å². The summed E-state index contributed by atoms with van der Waals surface area (Å²) in [6.07, 6.45) is 2.13. The maximum atomic E-state index is 13.2. The molecule has 0 saturated carbocycles. The topological polar surface area (TPSA) is 75.7 Å². The highest BCUT2D eigenvalue weighted by molar-refractivity contribution is 6.39. The van der Waals surface area contributed by atoms with Crippen molar-refractivity contribution in [3.05, 3.63) is 64.4 Å². The molecule has 0 aliphatic carbocycles. The molecule has 1 atom stereocenters. The molecule has 1 heterocycles. The second-order valence-corrected chi connectivity index (χ2v) is 6.87. The van der Waals surface area contributed by atoms with Gasteiger partial charge in [0.15, 0.2) is 0 Å². The Hall–Kier alpha value is -3.19. The van der Waals surface area contributed by atoms with Gasteiger partial charge in [0, 0.05) is 0 Å². The first kappa shape index (κ1) is 20.5. The van der Waals surface area contributed by atoms with E-state index in [0.29, 0.717) is 16.3 Å². The third-order valence-electron chi connectivity index (χ3n) is 4.36. The van der Waals surface area contributed by atoms with E-state index in [-0.39, 0.29) is 17.4 Å². The summed E-state index contributed by atoms with van der Waals surface area (Å²) in [7, 11) is 0. The normalized spacial score (nSPS) is 16.8. The Bertz CT molecular complexity index is 1000. The van der Waals surface area contributed by atoms with Crippen LogP contribution in [-0.4, -0.2) is 23.9 Å². The van der Waals surface area contributed by atoms with E-state index in [1.54, 1.807) is 18.2 Å². The van der Waals surface area contributed by atoms with Gasteiger partial charge in [0.2, 0.25) is 0 Å². The summed E-state index contributed by atoms with van der Waals surface area (Å²) in [6, 6.07) is 8.74. The average molecular weight is 417 g/mol. The third kappa shape index (κ3) is 4.46. The van der Waals surface area contributed by atoms with Crippen LogP contribution in [-0.2, 0) is 9.59 Å². The molecule has 6 nitrogen and oxygen atoms in total. The number of ether oxygens (including phenoxy) is 1. The number of hydrogen-bond acceptors (Lipinski definition) is 4. The standard InChI is InChI=1S/C21H18ClFN2O4/c1-3-12(2)29-18-9-4-13(11-17(18)22)10-16-19(26)24-21(28)25(20(16)27)15-7-5-14(23)6-8-15/h4-12H,3H2,1-2H3,(H,24,26,28)/b16-10+/t12-/m0/s1. The minimum absolute atomic E-state index is 0.0160. The third-order valence-corrected chi connectivity index (χ3v) is 4.65. The van der Waals surface area contributed by atoms with Crippen LogP contribution in [0.15, 0.2) is 48.0 Å². The Morgan fingerprint density at radius 1 is 1.17 bits per heavy atom. The highest BCUT2D eigenvalue weighted by Gasteiger charge is 2.36. The molecule has 3 rings (SSSR count). The lowest BCUT2D eigenvalue weighted by Crippen LogP contribution is -2.54. The van der Waals surface area contributed by atoms with Crippen molar-refractivity contribution in [3.63, 3.8) is 0 Å². The zero-order valence-electron chi connectivity index (χ0n) is 15.7. The number of halogens is 2. The Morgan fingerprint density at radius 2 is 1.86 bits per heavy atom. The smallest absolute Gasteiger partial charge is 0.335 e. The Morgan fingerprint density at radius 3 is 2.48 bits per heavy atom. The van der Waals surface area contributed by atoms with Crippen molar-refractivity contribution < 1.29 is 23.5 Å². The van der Waals surface area contributed by atoms with E-state index in [9.17, 15) is 18.8 Å². The summed E-state index contributed by atoms with van der Waals surface area (Å²) in [5, 5.41) is 2.44. The molecule has 1 fully saturated rings. The number of urea groups is 1. The molecule has 1 N–H and O–H groups in total. The molecule has 1 saturated heterocycles. The minimum Gasteiger partial charge on any atom is -0.489 e. The molecule has 0 aromatic heterocycles. The highest BCUT2D eigenvalue weighted by atomic mass is 35.5. The zero-order chi connectivity index (χ0) is 21.1. The van der Waals surface area contributed by atoms with Crippen molar-refractivity contribution >= 4 is 41.2 Å². The van der Waals surface area contributed by atoms with Crippen LogP contribution in [0.3, 0.4) is 0 Å². The number of benzene rings is 2. The van der Waals surface area contributed by atoms with Crippen LogP contribution in [0, 0.1) is 5.82 Å². The molecule has 1 aliphatic rings. The second kappa shape index (κ2) is 8.45. The van der Waals surface area contributed by atoms with Crippen molar-refractivity contribution in [1.82, 2.24) is 5.32 Å². The molecular formula is C21H18ClFN2O4. The summed E-state index contributed by atoms with van der Waals surface area (Å²) >= 11 is 6.24. The summed E-state index contributed by atoms with van der Waals surface area (Å²) in [5.41, 5.74) is 0.377. The molecule has 2 aromatic carbocycles. The van der Waals surface area contributed by atoms with Gasteiger partial charge in [0.1, 0.15) is 17.1 Å². The average Bonchev–Trinajstić information content (AvgIpc) is 2.68. The lowest BCUT2D eigenvalue weighted by atomic mass is 10.1. The molecule has 4 amide bonds. The summed E-state index contributed by atoms with van der Waals surface area (Å²) in [5.74, 6) is -1.67. The molecule has 0 spiro atoms. The van der Waals surface area contributed by atoms with E-state index in [2.05, 4.69) is 5.32 Å². The number of anilines is 1. The number of hydrogen-bond donors (Lipinski definition) is 1. The summed E-state index contributed by atoms with van der Waals surface area (Å²) < 4.78 is 18.9. The fraction of sp³-hybridized carbons (Fsp3) is 0.190. The minimum atomic E-state index is -0.904. The largest absolute Gasteiger partial charge is 0.489 e. The predicted octanol–water partition coefficient (Wildman–Crippen LogP) is 4.32. The van der Waals surface area contributed by atoms with Gasteiger partial charge in [-0.1, -0.05) is 24.6 Å². The number of carbonyl (C=O) groups excluding carboxylic acids is 3. The van der Waals surface area contributed by atoms with E-state index < -0.39 is 23.7 Å². The van der Waals surface area contributed by atoms with Gasteiger partial charge in [0.25, 0.3) is 11.8 Å². The first-order valence-corrected chi connectivity index (χ1v) is 9.31. The number of carbonyl (C=O) groups is 3. The van der Waals surface area contributed by atoms with E-state index >= 15 is 0 Å². The molecule has 29 heavy (non-hydrogen) atoms. The molecule has 1 aliphatic heterocycles. The number of amides is 4. The fourth-order valence-electron chi connectivity index (χ4n) is 2.65. The lowest BCUT2D eigenvalue weighted by Gasteiger charge is -2.26.